The van der Waals surface area contributed by atoms with Gasteiger partial charge in [0.15, 0.2) is 0 Å². The third-order valence-corrected chi connectivity index (χ3v) is 11.3. The first-order chi connectivity index (χ1) is 9.74. The zero-order valence-electron chi connectivity index (χ0n) is 15.7. The Bertz CT molecular complexity index is 477. The molecule has 0 saturated heterocycles. The van der Waals surface area contributed by atoms with Crippen LogP contribution >= 0.6 is 0 Å². The summed E-state index contributed by atoms with van der Waals surface area (Å²) < 4.78 is 6.42. The fourth-order valence-electron chi connectivity index (χ4n) is 4.61. The third-order valence-electron chi connectivity index (χ3n) is 4.42. The van der Waals surface area contributed by atoms with Crippen LogP contribution in [0, 0.1) is 0 Å². The number of hydrogen-bond donors (Lipinski definition) is 0. The number of carbonyl (C=O) groups is 1. The molecule has 0 aliphatic heterocycles. The Morgan fingerprint density at radius 1 is 0.773 bits per heavy atom. The van der Waals surface area contributed by atoms with Gasteiger partial charge in [0.2, 0.25) is 0 Å². The van der Waals surface area contributed by atoms with Gasteiger partial charge in [-0.1, -0.05) is 80.5 Å². The molecule has 2 nitrogen and oxygen atoms in total. The molecule has 1 aromatic rings. The second-order valence-corrected chi connectivity index (χ2v) is 15.3. The molecule has 22 heavy (non-hydrogen) atoms. The first-order valence-electron chi connectivity index (χ1n) is 8.02. The lowest BCUT2D eigenvalue weighted by Crippen LogP contribution is -2.61. The van der Waals surface area contributed by atoms with E-state index in [0.717, 1.165) is 0 Å². The lowest BCUT2D eigenvalue weighted by molar-refractivity contribution is 0.0679. The molecule has 0 aliphatic carbocycles. The smallest absolute Gasteiger partial charge is 0.324 e. The zero-order valence-corrected chi connectivity index (χ0v) is 16.7. The van der Waals surface area contributed by atoms with Gasteiger partial charge in [-0.3, -0.25) is 0 Å². The fraction of sp³-hybridized carbons (Fsp3) is 0.632. The van der Waals surface area contributed by atoms with Crippen molar-refractivity contribution in [1.29, 1.82) is 0 Å². The molecular formula is C19H32O2Si. The highest BCUT2D eigenvalue weighted by Crippen LogP contribution is 2.62. The van der Waals surface area contributed by atoms with Crippen molar-refractivity contribution in [3.05, 3.63) is 35.9 Å². The zero-order chi connectivity index (χ0) is 17.4. The number of rotatable bonds is 2. The molecule has 0 bridgehead atoms. The molecule has 0 aliphatic rings. The van der Waals surface area contributed by atoms with Gasteiger partial charge in [0, 0.05) is 0 Å². The van der Waals surface area contributed by atoms with E-state index < -0.39 is 8.32 Å². The number of hydrogen-bond acceptors (Lipinski definition) is 2. The number of carbonyl (C=O) groups excluding carboxylic acids is 1. The summed E-state index contributed by atoms with van der Waals surface area (Å²) in [6, 6.07) is 9.33. The van der Waals surface area contributed by atoms with Crippen molar-refractivity contribution in [3.8, 4) is 0 Å². The van der Waals surface area contributed by atoms with Crippen molar-refractivity contribution < 1.29 is 9.22 Å². The maximum absolute atomic E-state index is 12.8. The highest BCUT2D eigenvalue weighted by atomic mass is 28.4. The third kappa shape index (κ3) is 3.29. The van der Waals surface area contributed by atoms with Gasteiger partial charge in [-0.25, -0.2) is 4.79 Å². The molecule has 0 N–H and O–H groups in total. The largest absolute Gasteiger partial charge is 0.514 e. The Labute approximate surface area is 137 Å². The molecule has 0 aromatic heterocycles. The van der Waals surface area contributed by atoms with Crippen molar-refractivity contribution >= 4 is 14.3 Å². The summed E-state index contributed by atoms with van der Waals surface area (Å²) in [4.78, 5) is 12.8. The van der Waals surface area contributed by atoms with E-state index in [1.54, 1.807) is 0 Å². The monoisotopic (exact) mass is 320 g/mol. The van der Waals surface area contributed by atoms with Gasteiger partial charge in [-0.05, 0) is 27.2 Å². The minimum absolute atomic E-state index is 0.0616. The van der Waals surface area contributed by atoms with Crippen LogP contribution in [0.3, 0.4) is 0 Å². The average molecular weight is 321 g/mol. The quantitative estimate of drug-likeness (QED) is 0.607. The Balaban J connectivity index is 3.43. The van der Waals surface area contributed by atoms with Gasteiger partial charge < -0.3 is 4.43 Å². The van der Waals surface area contributed by atoms with Crippen LogP contribution in [0.4, 0.5) is 0 Å². The fourth-order valence-corrected chi connectivity index (χ4v) is 12.7. The molecular weight excluding hydrogens is 288 g/mol. The first kappa shape index (κ1) is 19.0. The molecule has 0 fully saturated rings. The Kier molecular flexibility index (Phi) is 5.03. The van der Waals surface area contributed by atoms with E-state index in [2.05, 4.69) is 62.3 Å². The average Bonchev–Trinajstić information content (AvgIpc) is 2.32. The predicted molar refractivity (Wildman–Crippen MR) is 96.8 cm³/mol. The molecule has 3 heteroatoms. The van der Waals surface area contributed by atoms with Crippen LogP contribution in [0.25, 0.3) is 0 Å². The predicted octanol–water partition coefficient (Wildman–Crippen LogP) is 6.19. The van der Waals surface area contributed by atoms with Crippen LogP contribution in [-0.2, 0) is 4.43 Å². The van der Waals surface area contributed by atoms with E-state index in [9.17, 15) is 4.79 Å². The highest BCUT2D eigenvalue weighted by Gasteiger charge is 2.64. The summed E-state index contributed by atoms with van der Waals surface area (Å²) in [6.07, 6.45) is 0. The topological polar surface area (TPSA) is 26.3 Å². The summed E-state index contributed by atoms with van der Waals surface area (Å²) in [6.45, 7) is 19.9. The highest BCUT2D eigenvalue weighted by molar-refractivity contribution is 6.83. The van der Waals surface area contributed by atoms with Gasteiger partial charge in [-0.15, -0.1) is 0 Å². The van der Waals surface area contributed by atoms with Crippen LogP contribution in [0.1, 0.15) is 72.7 Å². The molecule has 0 unspecified atom stereocenters. The second-order valence-electron chi connectivity index (χ2n) is 9.19. The summed E-state index contributed by atoms with van der Waals surface area (Å²) in [5.41, 5.74) is 0.636. The van der Waals surface area contributed by atoms with Crippen molar-refractivity contribution in [2.24, 2.45) is 0 Å². The van der Waals surface area contributed by atoms with Gasteiger partial charge in [0.05, 0.1) is 5.56 Å². The summed E-state index contributed by atoms with van der Waals surface area (Å²) in [5.74, 6) is -0.188. The van der Waals surface area contributed by atoms with Gasteiger partial charge in [0.25, 0.3) is 8.32 Å². The van der Waals surface area contributed by atoms with Crippen molar-refractivity contribution in [2.45, 2.75) is 77.4 Å². The van der Waals surface area contributed by atoms with Gasteiger partial charge in [-0.2, -0.15) is 0 Å². The first-order valence-corrected chi connectivity index (χ1v) is 9.93. The van der Waals surface area contributed by atoms with Crippen LogP contribution in [0.5, 0.6) is 0 Å². The van der Waals surface area contributed by atoms with E-state index in [0.29, 0.717) is 5.56 Å². The molecule has 0 spiro atoms. The molecule has 0 saturated carbocycles. The lowest BCUT2D eigenvalue weighted by Gasteiger charge is -2.56. The Morgan fingerprint density at radius 2 is 1.14 bits per heavy atom. The number of benzene rings is 1. The summed E-state index contributed by atoms with van der Waals surface area (Å²) in [5, 5.41) is -0.185. The summed E-state index contributed by atoms with van der Waals surface area (Å²) >= 11 is 0. The second kappa shape index (κ2) is 5.84. The van der Waals surface area contributed by atoms with Crippen LogP contribution in [0.2, 0.25) is 15.1 Å². The molecule has 0 amide bonds. The lowest BCUT2D eigenvalue weighted by atomic mass is 10.2. The van der Waals surface area contributed by atoms with Gasteiger partial charge in [0.1, 0.15) is 0 Å². The molecule has 0 heterocycles. The minimum Gasteiger partial charge on any atom is -0.514 e. The maximum atomic E-state index is 12.8. The molecule has 1 aromatic carbocycles. The van der Waals surface area contributed by atoms with Crippen molar-refractivity contribution in [1.82, 2.24) is 0 Å². The van der Waals surface area contributed by atoms with Crippen LogP contribution in [-0.4, -0.2) is 14.3 Å². The van der Waals surface area contributed by atoms with E-state index >= 15 is 0 Å². The minimum atomic E-state index is -2.50. The Morgan fingerprint density at radius 3 is 1.45 bits per heavy atom. The maximum Gasteiger partial charge on any atom is 0.324 e. The standard InChI is InChI=1S/C19H32O2Si/c1-17(2,3)22(18(4,5)6,19(7,8)9)21-16(20)15-13-11-10-12-14-15/h10-14H,1-9H3. The molecule has 1 rings (SSSR count). The van der Waals surface area contributed by atoms with E-state index in [1.807, 2.05) is 30.3 Å². The summed E-state index contributed by atoms with van der Waals surface area (Å²) in [7, 11) is -2.50. The molecule has 0 radical (unpaired) electrons. The van der Waals surface area contributed by atoms with Crippen LogP contribution < -0.4 is 0 Å². The molecule has 0 atom stereocenters. The van der Waals surface area contributed by atoms with Crippen molar-refractivity contribution in [2.75, 3.05) is 0 Å². The Hall–Kier alpha value is -1.09. The van der Waals surface area contributed by atoms with E-state index in [-0.39, 0.29) is 21.1 Å². The molecule has 124 valence electrons. The van der Waals surface area contributed by atoms with E-state index in [4.69, 9.17) is 4.43 Å². The normalized spacial score (nSPS) is 13.9. The van der Waals surface area contributed by atoms with E-state index in [1.165, 1.54) is 0 Å². The SMILES string of the molecule is CC(C)(C)[Si](OC(=O)c1ccccc1)(C(C)(C)C)C(C)(C)C. The van der Waals surface area contributed by atoms with Crippen LogP contribution in [0.15, 0.2) is 30.3 Å². The van der Waals surface area contributed by atoms with Gasteiger partial charge >= 0.3 is 5.97 Å². The van der Waals surface area contributed by atoms with Crippen molar-refractivity contribution in [3.63, 3.8) is 0 Å².